The number of carboxylic acids is 1. The van der Waals surface area contributed by atoms with Crippen LogP contribution in [0, 0.1) is 0 Å². The summed E-state index contributed by atoms with van der Waals surface area (Å²) in [6.45, 7) is 2.09. The number of likely N-dealkylation sites (tertiary alicyclic amines) is 1. The number of hydrogen-bond acceptors (Lipinski definition) is 5. The Hall–Kier alpha value is -2.41. The van der Waals surface area contributed by atoms with E-state index in [2.05, 4.69) is 5.32 Å². The van der Waals surface area contributed by atoms with Gasteiger partial charge < -0.3 is 14.7 Å². The van der Waals surface area contributed by atoms with Gasteiger partial charge in [0.2, 0.25) is 5.91 Å². The number of rotatable bonds is 5. The Morgan fingerprint density at radius 3 is 2.72 bits per heavy atom. The van der Waals surface area contributed by atoms with Crippen molar-refractivity contribution < 1.29 is 24.2 Å². The molecule has 0 radical (unpaired) electrons. The summed E-state index contributed by atoms with van der Waals surface area (Å²) >= 11 is 0. The number of nitrogens with zero attached hydrogens (tertiary/aromatic N) is 1. The van der Waals surface area contributed by atoms with Crippen LogP contribution in [0.3, 0.4) is 0 Å². The van der Waals surface area contributed by atoms with Gasteiger partial charge in [-0.3, -0.25) is 14.9 Å². The van der Waals surface area contributed by atoms with E-state index in [1.165, 1.54) is 4.90 Å². The van der Waals surface area contributed by atoms with Crippen molar-refractivity contribution in [2.75, 3.05) is 6.54 Å². The predicted octanol–water partition coefficient (Wildman–Crippen LogP) is 1.10. The first-order chi connectivity index (χ1) is 12.0. The highest BCUT2D eigenvalue weighted by molar-refractivity contribution is 5.88. The highest BCUT2D eigenvalue weighted by atomic mass is 16.6. The van der Waals surface area contributed by atoms with Crippen molar-refractivity contribution in [3.8, 4) is 0 Å². The number of carbonyl (C=O) groups is 3. The Kier molecular flexibility index (Phi) is 5.03. The second-order valence-corrected chi connectivity index (χ2v) is 6.54. The van der Waals surface area contributed by atoms with Crippen LogP contribution in [0.2, 0.25) is 0 Å². The number of esters is 1. The number of carbonyl (C=O) groups excluding carboxylic acids is 2. The Balaban J connectivity index is 1.61. The molecule has 2 heterocycles. The molecular weight excluding hydrogens is 324 g/mol. The maximum absolute atomic E-state index is 12.6. The van der Waals surface area contributed by atoms with Crippen LogP contribution >= 0.6 is 0 Å². The number of aliphatic carboxylic acids is 1. The molecule has 0 aliphatic carbocycles. The first-order valence-electron chi connectivity index (χ1n) is 8.52. The zero-order valence-corrected chi connectivity index (χ0v) is 14.1. The van der Waals surface area contributed by atoms with Gasteiger partial charge in [-0.25, -0.2) is 4.79 Å². The fourth-order valence-electron chi connectivity index (χ4n) is 3.50. The van der Waals surface area contributed by atoms with E-state index < -0.39 is 24.1 Å². The van der Waals surface area contributed by atoms with Gasteiger partial charge >= 0.3 is 11.9 Å². The average molecular weight is 346 g/mol. The molecule has 25 heavy (non-hydrogen) atoms. The van der Waals surface area contributed by atoms with Gasteiger partial charge in [-0.2, -0.15) is 0 Å². The van der Waals surface area contributed by atoms with Gasteiger partial charge in [-0.15, -0.1) is 0 Å². The van der Waals surface area contributed by atoms with E-state index >= 15 is 0 Å². The minimum atomic E-state index is -0.984. The summed E-state index contributed by atoms with van der Waals surface area (Å²) in [7, 11) is 0. The van der Waals surface area contributed by atoms with Crippen molar-refractivity contribution in [1.29, 1.82) is 0 Å². The van der Waals surface area contributed by atoms with Gasteiger partial charge in [-0.05, 0) is 25.3 Å². The van der Waals surface area contributed by atoms with Gasteiger partial charge in [0.1, 0.15) is 18.2 Å². The molecule has 1 amide bonds. The van der Waals surface area contributed by atoms with E-state index in [0.717, 1.165) is 5.56 Å². The van der Waals surface area contributed by atoms with Crippen molar-refractivity contribution in [3.05, 3.63) is 35.9 Å². The molecule has 4 atom stereocenters. The second-order valence-electron chi connectivity index (χ2n) is 6.54. The van der Waals surface area contributed by atoms with Crippen LogP contribution in [-0.4, -0.2) is 52.5 Å². The van der Waals surface area contributed by atoms with Gasteiger partial charge in [0.05, 0.1) is 6.04 Å². The zero-order chi connectivity index (χ0) is 18.0. The molecule has 2 aliphatic heterocycles. The number of cyclic esters (lactones) is 1. The van der Waals surface area contributed by atoms with Crippen molar-refractivity contribution in [3.63, 3.8) is 0 Å². The molecule has 0 spiro atoms. The summed E-state index contributed by atoms with van der Waals surface area (Å²) in [6, 6.07) is 7.47. The molecule has 0 bridgehead atoms. The third-order valence-electron chi connectivity index (χ3n) is 4.81. The summed E-state index contributed by atoms with van der Waals surface area (Å²) < 4.78 is 5.41. The molecule has 7 nitrogen and oxygen atoms in total. The summed E-state index contributed by atoms with van der Waals surface area (Å²) in [5.41, 5.74) is 0.921. The lowest BCUT2D eigenvalue weighted by atomic mass is 10.0. The number of ether oxygens (including phenoxy) is 1. The van der Waals surface area contributed by atoms with E-state index in [-0.39, 0.29) is 18.0 Å². The Labute approximate surface area is 146 Å². The summed E-state index contributed by atoms with van der Waals surface area (Å²) in [6.07, 6.45) is 1.27. The Bertz CT molecular complexity index is 663. The maximum Gasteiger partial charge on any atom is 0.326 e. The van der Waals surface area contributed by atoms with E-state index in [1.807, 2.05) is 30.3 Å². The van der Waals surface area contributed by atoms with Crippen LogP contribution in [0.15, 0.2) is 30.3 Å². The van der Waals surface area contributed by atoms with Crippen LogP contribution in [0.4, 0.5) is 0 Å². The van der Waals surface area contributed by atoms with E-state index in [0.29, 0.717) is 25.8 Å². The van der Waals surface area contributed by atoms with Crippen molar-refractivity contribution in [2.24, 2.45) is 0 Å². The number of benzene rings is 1. The molecule has 2 fully saturated rings. The monoisotopic (exact) mass is 346 g/mol. The fourth-order valence-corrected chi connectivity index (χ4v) is 3.50. The lowest BCUT2D eigenvalue weighted by Crippen LogP contribution is -2.52. The van der Waals surface area contributed by atoms with Gasteiger partial charge in [0.15, 0.2) is 0 Å². The lowest BCUT2D eigenvalue weighted by Gasteiger charge is -2.26. The van der Waals surface area contributed by atoms with Crippen LogP contribution < -0.4 is 5.32 Å². The van der Waals surface area contributed by atoms with Gasteiger partial charge in [0, 0.05) is 13.0 Å². The number of amides is 1. The average Bonchev–Trinajstić information content (AvgIpc) is 3.22. The SMILES string of the molecule is CC(NC1CC(c2ccccc2)OC1=O)C(=O)N1CCCC1C(=O)O. The summed E-state index contributed by atoms with van der Waals surface area (Å²) in [4.78, 5) is 37.3. The Morgan fingerprint density at radius 1 is 1.32 bits per heavy atom. The predicted molar refractivity (Wildman–Crippen MR) is 88.6 cm³/mol. The van der Waals surface area contributed by atoms with Crippen molar-refractivity contribution in [2.45, 2.75) is 50.4 Å². The topological polar surface area (TPSA) is 95.9 Å². The molecule has 1 aromatic rings. The van der Waals surface area contributed by atoms with Gasteiger partial charge in [-0.1, -0.05) is 30.3 Å². The molecule has 7 heteroatoms. The summed E-state index contributed by atoms with van der Waals surface area (Å²) in [5, 5.41) is 12.2. The molecule has 2 N–H and O–H groups in total. The molecule has 1 aromatic carbocycles. The largest absolute Gasteiger partial charge is 0.480 e. The highest BCUT2D eigenvalue weighted by Crippen LogP contribution is 2.30. The van der Waals surface area contributed by atoms with E-state index in [4.69, 9.17) is 4.74 Å². The number of nitrogens with one attached hydrogen (secondary N) is 1. The molecule has 2 saturated heterocycles. The van der Waals surface area contributed by atoms with Crippen LogP contribution in [0.25, 0.3) is 0 Å². The van der Waals surface area contributed by atoms with E-state index in [1.54, 1.807) is 6.92 Å². The normalized spacial score (nSPS) is 27.2. The minimum absolute atomic E-state index is 0.291. The first kappa shape index (κ1) is 17.4. The molecule has 0 saturated carbocycles. The lowest BCUT2D eigenvalue weighted by molar-refractivity contribution is -0.149. The fraction of sp³-hybridized carbons (Fsp3) is 0.500. The molecule has 0 aromatic heterocycles. The molecule has 134 valence electrons. The number of carboxylic acid groups (broad SMARTS) is 1. The quantitative estimate of drug-likeness (QED) is 0.775. The molecule has 2 aliphatic rings. The minimum Gasteiger partial charge on any atom is -0.480 e. The molecule has 3 rings (SSSR count). The second kappa shape index (κ2) is 7.23. The first-order valence-corrected chi connectivity index (χ1v) is 8.52. The smallest absolute Gasteiger partial charge is 0.326 e. The third-order valence-corrected chi connectivity index (χ3v) is 4.81. The standard InChI is InChI=1S/C18H22N2O5/c1-11(16(21)20-9-5-8-14(20)17(22)23)19-13-10-15(25-18(13)24)12-6-3-2-4-7-12/h2-4,6-7,11,13-15,19H,5,8-10H2,1H3,(H,22,23). The van der Waals surface area contributed by atoms with Crippen molar-refractivity contribution in [1.82, 2.24) is 10.2 Å². The maximum atomic E-state index is 12.6. The molecular formula is C18H22N2O5. The zero-order valence-electron chi connectivity index (χ0n) is 14.1. The number of hydrogen-bond donors (Lipinski definition) is 2. The van der Waals surface area contributed by atoms with Crippen LogP contribution in [0.5, 0.6) is 0 Å². The Morgan fingerprint density at radius 2 is 2.04 bits per heavy atom. The van der Waals surface area contributed by atoms with E-state index in [9.17, 15) is 19.5 Å². The van der Waals surface area contributed by atoms with Crippen molar-refractivity contribution >= 4 is 17.8 Å². The van der Waals surface area contributed by atoms with Crippen LogP contribution in [0.1, 0.15) is 37.9 Å². The van der Waals surface area contributed by atoms with Gasteiger partial charge in [0.25, 0.3) is 0 Å². The summed E-state index contributed by atoms with van der Waals surface area (Å²) in [5.74, 6) is -1.66. The molecule has 4 unspecified atom stereocenters. The third kappa shape index (κ3) is 3.66. The van der Waals surface area contributed by atoms with Crippen LogP contribution in [-0.2, 0) is 19.1 Å². The highest BCUT2D eigenvalue weighted by Gasteiger charge is 2.40.